The molecule has 0 radical (unpaired) electrons. The highest BCUT2D eigenvalue weighted by Gasteiger charge is 2.41. The van der Waals surface area contributed by atoms with Crippen LogP contribution >= 0.6 is 0 Å². The molecule has 0 aromatic rings. The average Bonchev–Trinajstić information content (AvgIpc) is 2.51. The van der Waals surface area contributed by atoms with E-state index in [0.717, 1.165) is 19.3 Å². The molecule has 7 heteroatoms. The van der Waals surface area contributed by atoms with Gasteiger partial charge in [-0.3, -0.25) is 9.59 Å². The summed E-state index contributed by atoms with van der Waals surface area (Å²) >= 11 is 0. The maximum Gasteiger partial charge on any atom is 0.336 e. The van der Waals surface area contributed by atoms with Gasteiger partial charge in [-0.05, 0) is 6.42 Å². The zero-order valence-electron chi connectivity index (χ0n) is 15.2. The van der Waals surface area contributed by atoms with Crippen molar-refractivity contribution >= 4 is 17.9 Å². The molecule has 1 atom stereocenters. The molecule has 0 amide bonds. The lowest BCUT2D eigenvalue weighted by atomic mass is 9.96. The summed E-state index contributed by atoms with van der Waals surface area (Å²) < 4.78 is 4.89. The number of carboxylic acids is 2. The van der Waals surface area contributed by atoms with Gasteiger partial charge in [0.2, 0.25) is 0 Å². The van der Waals surface area contributed by atoms with Gasteiger partial charge in [0.15, 0.2) is 5.60 Å². The summed E-state index contributed by atoms with van der Waals surface area (Å²) in [6.45, 7) is 2.35. The number of carbonyl (C=O) groups is 3. The summed E-state index contributed by atoms with van der Waals surface area (Å²) in [4.78, 5) is 33.1. The lowest BCUT2D eigenvalue weighted by Gasteiger charge is -2.20. The van der Waals surface area contributed by atoms with Gasteiger partial charge in [0.1, 0.15) is 0 Å². The third-order valence-electron chi connectivity index (χ3n) is 4.04. The minimum absolute atomic E-state index is 0.151. The fraction of sp³-hybridized carbons (Fsp3) is 0.833. The minimum Gasteiger partial charge on any atom is -0.481 e. The molecule has 0 aromatic carbocycles. The Morgan fingerprint density at radius 2 is 1.28 bits per heavy atom. The summed E-state index contributed by atoms with van der Waals surface area (Å²) in [7, 11) is 0. The van der Waals surface area contributed by atoms with Crippen LogP contribution in [0.15, 0.2) is 0 Å². The zero-order valence-corrected chi connectivity index (χ0v) is 15.2. The van der Waals surface area contributed by atoms with Crippen molar-refractivity contribution in [3.63, 3.8) is 0 Å². The Labute approximate surface area is 149 Å². The van der Waals surface area contributed by atoms with Crippen LogP contribution in [0, 0.1) is 0 Å². The van der Waals surface area contributed by atoms with E-state index >= 15 is 0 Å². The van der Waals surface area contributed by atoms with Crippen LogP contribution in [0.2, 0.25) is 0 Å². The standard InChI is InChI=1S/C18H32O7/c1-2-3-4-5-6-7-8-9-10-11-12-25-16(21)14-18(24,17(22)23)13-15(19)20/h24H,2-14H2,1H3,(H,19,20)(H,22,23). The number of carbonyl (C=O) groups excluding carboxylic acids is 1. The predicted octanol–water partition coefficient (Wildman–Crippen LogP) is 3.13. The topological polar surface area (TPSA) is 121 Å². The Bertz CT molecular complexity index is 408. The van der Waals surface area contributed by atoms with Gasteiger partial charge in [0.05, 0.1) is 19.4 Å². The van der Waals surface area contributed by atoms with Gasteiger partial charge in [0.25, 0.3) is 0 Å². The summed E-state index contributed by atoms with van der Waals surface area (Å²) in [5.74, 6) is -4.14. The molecule has 1 unspecified atom stereocenters. The maximum absolute atomic E-state index is 11.6. The van der Waals surface area contributed by atoms with E-state index in [-0.39, 0.29) is 6.61 Å². The summed E-state index contributed by atoms with van der Waals surface area (Å²) in [6.07, 6.45) is 9.49. The molecule has 0 rings (SSSR count). The number of aliphatic carboxylic acids is 2. The molecule has 0 fully saturated rings. The molecule has 3 N–H and O–H groups in total. The summed E-state index contributed by atoms with van der Waals surface area (Å²) in [5, 5.41) is 27.2. The number of rotatable bonds is 16. The van der Waals surface area contributed by atoms with E-state index < -0.39 is 36.4 Å². The van der Waals surface area contributed by atoms with Gasteiger partial charge < -0.3 is 20.1 Å². The van der Waals surface area contributed by atoms with Gasteiger partial charge in [-0.25, -0.2) is 4.79 Å². The van der Waals surface area contributed by atoms with Gasteiger partial charge >= 0.3 is 17.9 Å². The van der Waals surface area contributed by atoms with Gasteiger partial charge in [-0.15, -0.1) is 0 Å². The Morgan fingerprint density at radius 1 is 0.800 bits per heavy atom. The van der Waals surface area contributed by atoms with Crippen LogP contribution in [0.25, 0.3) is 0 Å². The number of carboxylic acid groups (broad SMARTS) is 2. The second-order valence-corrected chi connectivity index (χ2v) is 6.49. The van der Waals surface area contributed by atoms with Gasteiger partial charge in [0, 0.05) is 0 Å². The summed E-state index contributed by atoms with van der Waals surface area (Å²) in [5.41, 5.74) is -2.62. The first kappa shape index (κ1) is 23.4. The first-order valence-corrected chi connectivity index (χ1v) is 9.15. The highest BCUT2D eigenvalue weighted by atomic mass is 16.5. The maximum atomic E-state index is 11.6. The molecule has 0 aliphatic rings. The number of unbranched alkanes of at least 4 members (excludes halogenated alkanes) is 9. The Morgan fingerprint density at radius 3 is 1.72 bits per heavy atom. The largest absolute Gasteiger partial charge is 0.481 e. The van der Waals surface area contributed by atoms with Crippen LogP contribution in [0.1, 0.15) is 84.0 Å². The number of ether oxygens (including phenoxy) is 1. The van der Waals surface area contributed by atoms with E-state index in [4.69, 9.17) is 14.9 Å². The van der Waals surface area contributed by atoms with Crippen molar-refractivity contribution in [2.75, 3.05) is 6.61 Å². The normalized spacial score (nSPS) is 13.2. The molecular weight excluding hydrogens is 328 g/mol. The van der Waals surface area contributed by atoms with Crippen molar-refractivity contribution in [1.29, 1.82) is 0 Å². The van der Waals surface area contributed by atoms with E-state index in [1.165, 1.54) is 38.5 Å². The molecule has 0 aliphatic carbocycles. The number of hydrogen-bond donors (Lipinski definition) is 3. The van der Waals surface area contributed by atoms with Crippen molar-refractivity contribution in [2.24, 2.45) is 0 Å². The second kappa shape index (κ2) is 13.6. The number of aliphatic hydroxyl groups is 1. The monoisotopic (exact) mass is 360 g/mol. The van der Waals surface area contributed by atoms with E-state index in [2.05, 4.69) is 6.92 Å². The molecule has 0 spiro atoms. The molecule has 146 valence electrons. The van der Waals surface area contributed by atoms with Crippen molar-refractivity contribution in [3.05, 3.63) is 0 Å². The van der Waals surface area contributed by atoms with E-state index in [0.29, 0.717) is 6.42 Å². The highest BCUT2D eigenvalue weighted by molar-refractivity contribution is 5.88. The number of hydrogen-bond acceptors (Lipinski definition) is 5. The molecule has 0 saturated heterocycles. The Hall–Kier alpha value is -1.63. The molecule has 0 saturated carbocycles. The molecule has 0 aliphatic heterocycles. The molecular formula is C18H32O7. The van der Waals surface area contributed by atoms with E-state index in [9.17, 15) is 19.5 Å². The third kappa shape index (κ3) is 12.4. The van der Waals surface area contributed by atoms with Gasteiger partial charge in [-0.2, -0.15) is 0 Å². The summed E-state index contributed by atoms with van der Waals surface area (Å²) in [6, 6.07) is 0. The SMILES string of the molecule is CCCCCCCCCCCCOC(=O)CC(O)(CC(=O)O)C(=O)O. The molecule has 7 nitrogen and oxygen atoms in total. The molecule has 0 heterocycles. The highest BCUT2D eigenvalue weighted by Crippen LogP contribution is 2.17. The van der Waals surface area contributed by atoms with Crippen LogP contribution < -0.4 is 0 Å². The zero-order chi connectivity index (χ0) is 19.1. The van der Waals surface area contributed by atoms with Crippen LogP contribution in [0.3, 0.4) is 0 Å². The van der Waals surface area contributed by atoms with Crippen molar-refractivity contribution in [1.82, 2.24) is 0 Å². The van der Waals surface area contributed by atoms with Crippen molar-refractivity contribution < 1.29 is 34.4 Å². The minimum atomic E-state index is -2.62. The smallest absolute Gasteiger partial charge is 0.336 e. The Balaban J connectivity index is 3.72. The first-order chi connectivity index (χ1) is 11.8. The van der Waals surface area contributed by atoms with E-state index in [1.807, 2.05) is 0 Å². The van der Waals surface area contributed by atoms with Crippen molar-refractivity contribution in [2.45, 2.75) is 89.6 Å². The fourth-order valence-corrected chi connectivity index (χ4v) is 2.53. The van der Waals surface area contributed by atoms with Crippen molar-refractivity contribution in [3.8, 4) is 0 Å². The van der Waals surface area contributed by atoms with Crippen LogP contribution in [-0.2, 0) is 19.1 Å². The molecule has 0 bridgehead atoms. The predicted molar refractivity (Wildman–Crippen MR) is 92.3 cm³/mol. The quantitative estimate of drug-likeness (QED) is 0.285. The first-order valence-electron chi connectivity index (χ1n) is 9.15. The number of esters is 1. The second-order valence-electron chi connectivity index (χ2n) is 6.49. The molecule has 0 aromatic heterocycles. The van der Waals surface area contributed by atoms with Crippen LogP contribution in [-0.4, -0.2) is 45.4 Å². The van der Waals surface area contributed by atoms with Gasteiger partial charge in [-0.1, -0.05) is 64.7 Å². The lowest BCUT2D eigenvalue weighted by molar-refractivity contribution is -0.172. The third-order valence-corrected chi connectivity index (χ3v) is 4.04. The fourth-order valence-electron chi connectivity index (χ4n) is 2.53. The van der Waals surface area contributed by atoms with Crippen LogP contribution in [0.5, 0.6) is 0 Å². The average molecular weight is 360 g/mol. The van der Waals surface area contributed by atoms with Crippen LogP contribution in [0.4, 0.5) is 0 Å². The Kier molecular flexibility index (Phi) is 12.7. The lowest BCUT2D eigenvalue weighted by Crippen LogP contribution is -2.43. The molecule has 25 heavy (non-hydrogen) atoms. The van der Waals surface area contributed by atoms with E-state index in [1.54, 1.807) is 0 Å².